The minimum Gasteiger partial charge on any atom is -0.481 e. The van der Waals surface area contributed by atoms with Gasteiger partial charge in [0.2, 0.25) is 5.88 Å². The van der Waals surface area contributed by atoms with Crippen LogP contribution in [0.25, 0.3) is 0 Å². The fourth-order valence-electron chi connectivity index (χ4n) is 3.87. The number of nitrogens with zero attached hydrogens (tertiary/aromatic N) is 3. The van der Waals surface area contributed by atoms with E-state index in [1.165, 1.54) is 0 Å². The van der Waals surface area contributed by atoms with Gasteiger partial charge in [0.15, 0.2) is 0 Å². The summed E-state index contributed by atoms with van der Waals surface area (Å²) in [5.74, 6) is 0.706. The Morgan fingerprint density at radius 2 is 2.31 bits per heavy atom. The lowest BCUT2D eigenvalue weighted by molar-refractivity contribution is -0.200. The number of hydrogen-bond donors (Lipinski definition) is 0. The number of aryl methyl sites for hydroxylation is 1. The van der Waals surface area contributed by atoms with E-state index in [2.05, 4.69) is 26.3 Å². The number of hydrogen-bond acceptors (Lipinski definition) is 7. The first kappa shape index (κ1) is 17.9. The highest BCUT2D eigenvalue weighted by Gasteiger charge is 2.47. The van der Waals surface area contributed by atoms with Gasteiger partial charge in [0.25, 0.3) is 0 Å². The molecule has 2 aliphatic heterocycles. The van der Waals surface area contributed by atoms with Gasteiger partial charge < -0.3 is 14.2 Å². The summed E-state index contributed by atoms with van der Waals surface area (Å²) in [5.41, 5.74) is 2.09. The Labute approximate surface area is 158 Å². The van der Waals surface area contributed by atoms with Crippen molar-refractivity contribution >= 4 is 11.3 Å². The number of rotatable bonds is 6. The smallest absolute Gasteiger partial charge is 0.217 e. The van der Waals surface area contributed by atoms with Crippen LogP contribution in [-0.2, 0) is 22.6 Å². The highest BCUT2D eigenvalue weighted by molar-refractivity contribution is 7.09. The molecule has 2 saturated heterocycles. The summed E-state index contributed by atoms with van der Waals surface area (Å²) in [6.45, 7) is 6.09. The second kappa shape index (κ2) is 7.60. The number of likely N-dealkylation sites (tertiary alicyclic amines) is 1. The quantitative estimate of drug-likeness (QED) is 0.774. The predicted molar refractivity (Wildman–Crippen MR) is 99.4 cm³/mol. The number of aromatic nitrogens is 2. The van der Waals surface area contributed by atoms with Crippen LogP contribution >= 0.6 is 11.3 Å². The van der Waals surface area contributed by atoms with Gasteiger partial charge in [-0.2, -0.15) is 0 Å². The molecule has 2 fully saturated rings. The molecule has 1 unspecified atom stereocenters. The van der Waals surface area contributed by atoms with E-state index in [0.717, 1.165) is 55.3 Å². The average molecular weight is 375 g/mol. The van der Waals surface area contributed by atoms with Crippen molar-refractivity contribution < 1.29 is 14.2 Å². The molecule has 0 bridgehead atoms. The van der Waals surface area contributed by atoms with Crippen LogP contribution in [0.3, 0.4) is 0 Å². The second-order valence-electron chi connectivity index (χ2n) is 7.13. The second-order valence-corrected chi connectivity index (χ2v) is 8.19. The van der Waals surface area contributed by atoms with E-state index in [1.807, 2.05) is 13.0 Å². The van der Waals surface area contributed by atoms with E-state index in [0.29, 0.717) is 12.5 Å². The van der Waals surface area contributed by atoms with E-state index in [-0.39, 0.29) is 11.7 Å². The van der Waals surface area contributed by atoms with Crippen molar-refractivity contribution in [2.24, 2.45) is 0 Å². The molecular weight excluding hydrogens is 350 g/mol. The zero-order valence-electron chi connectivity index (χ0n) is 15.3. The number of thiazole rings is 1. The Hall–Kier alpha value is -1.54. The van der Waals surface area contributed by atoms with Crippen molar-refractivity contribution in [1.29, 1.82) is 0 Å². The summed E-state index contributed by atoms with van der Waals surface area (Å²) < 4.78 is 17.6. The zero-order chi connectivity index (χ0) is 18.0. The molecule has 4 rings (SSSR count). The Bertz CT molecular complexity index is 745. The van der Waals surface area contributed by atoms with Gasteiger partial charge in [-0.3, -0.25) is 4.90 Å². The van der Waals surface area contributed by atoms with E-state index in [1.54, 1.807) is 24.6 Å². The van der Waals surface area contributed by atoms with Crippen LogP contribution < -0.4 is 4.74 Å². The highest BCUT2D eigenvalue weighted by atomic mass is 32.1. The normalized spacial score (nSPS) is 22.3. The van der Waals surface area contributed by atoms with Crippen molar-refractivity contribution in [1.82, 2.24) is 14.9 Å². The third-order valence-electron chi connectivity index (χ3n) is 5.04. The molecule has 0 N–H and O–H groups in total. The molecule has 0 amide bonds. The van der Waals surface area contributed by atoms with Gasteiger partial charge in [-0.25, -0.2) is 9.97 Å². The van der Waals surface area contributed by atoms with Gasteiger partial charge in [0.1, 0.15) is 0 Å². The monoisotopic (exact) mass is 375 g/mol. The Balaban J connectivity index is 1.28. The van der Waals surface area contributed by atoms with Crippen molar-refractivity contribution in [2.45, 2.75) is 44.6 Å². The van der Waals surface area contributed by atoms with Crippen LogP contribution in [0.4, 0.5) is 0 Å². The fraction of sp³-hybridized carbons (Fsp3) is 0.579. The van der Waals surface area contributed by atoms with Crippen LogP contribution in [-0.4, -0.2) is 53.4 Å². The first-order chi connectivity index (χ1) is 12.7. The van der Waals surface area contributed by atoms with Crippen molar-refractivity contribution in [2.75, 3.05) is 26.8 Å². The lowest BCUT2D eigenvalue weighted by Gasteiger charge is -2.53. The lowest BCUT2D eigenvalue weighted by atomic mass is 9.84. The van der Waals surface area contributed by atoms with Crippen LogP contribution in [0.2, 0.25) is 0 Å². The molecule has 2 aliphatic rings. The molecule has 2 aromatic heterocycles. The van der Waals surface area contributed by atoms with E-state index >= 15 is 0 Å². The average Bonchev–Trinajstić information content (AvgIpc) is 3.05. The Kier molecular flexibility index (Phi) is 5.22. The molecule has 0 saturated carbocycles. The number of ether oxygens (including phenoxy) is 3. The van der Waals surface area contributed by atoms with Crippen LogP contribution in [0.15, 0.2) is 23.7 Å². The first-order valence-corrected chi connectivity index (χ1v) is 9.91. The summed E-state index contributed by atoms with van der Waals surface area (Å²) in [6, 6.07) is 4.02. The van der Waals surface area contributed by atoms with Crippen molar-refractivity contribution in [3.8, 4) is 5.88 Å². The van der Waals surface area contributed by atoms with Crippen molar-refractivity contribution in [3.05, 3.63) is 40.0 Å². The molecular formula is C19H25N3O3S. The predicted octanol–water partition coefficient (Wildman–Crippen LogP) is 2.81. The Morgan fingerprint density at radius 1 is 1.42 bits per heavy atom. The fourth-order valence-corrected chi connectivity index (χ4v) is 4.47. The molecule has 4 heterocycles. The molecule has 1 spiro atoms. The van der Waals surface area contributed by atoms with Crippen LogP contribution in [0.1, 0.15) is 29.1 Å². The van der Waals surface area contributed by atoms with E-state index in [9.17, 15) is 0 Å². The third kappa shape index (κ3) is 3.91. The van der Waals surface area contributed by atoms with E-state index in [4.69, 9.17) is 14.2 Å². The summed E-state index contributed by atoms with van der Waals surface area (Å²) in [4.78, 5) is 11.1. The van der Waals surface area contributed by atoms with Gasteiger partial charge in [-0.1, -0.05) is 6.07 Å². The Morgan fingerprint density at radius 3 is 3.08 bits per heavy atom. The third-order valence-corrected chi connectivity index (χ3v) is 5.86. The molecule has 6 nitrogen and oxygen atoms in total. The maximum atomic E-state index is 6.13. The zero-order valence-corrected chi connectivity index (χ0v) is 16.1. The molecule has 7 heteroatoms. The van der Waals surface area contributed by atoms with Gasteiger partial charge in [0.05, 0.1) is 36.1 Å². The molecule has 0 aliphatic carbocycles. The van der Waals surface area contributed by atoms with E-state index < -0.39 is 0 Å². The summed E-state index contributed by atoms with van der Waals surface area (Å²) in [7, 11) is 1.67. The molecule has 0 radical (unpaired) electrons. The van der Waals surface area contributed by atoms with Crippen LogP contribution in [0, 0.1) is 6.92 Å². The number of methoxy groups -OCH3 is 1. The summed E-state index contributed by atoms with van der Waals surface area (Å²) in [5, 5.41) is 3.17. The topological polar surface area (TPSA) is 56.7 Å². The molecule has 140 valence electrons. The minimum absolute atomic E-state index is 0.0592. The highest BCUT2D eigenvalue weighted by Crippen LogP contribution is 2.36. The van der Waals surface area contributed by atoms with Gasteiger partial charge in [0, 0.05) is 49.8 Å². The lowest BCUT2D eigenvalue weighted by Crippen LogP contribution is -2.65. The first-order valence-electron chi connectivity index (χ1n) is 9.03. The van der Waals surface area contributed by atoms with Gasteiger partial charge >= 0.3 is 0 Å². The summed E-state index contributed by atoms with van der Waals surface area (Å²) in [6.07, 6.45) is 3.93. The van der Waals surface area contributed by atoms with Crippen molar-refractivity contribution in [3.63, 3.8) is 0 Å². The molecule has 1 atom stereocenters. The summed E-state index contributed by atoms with van der Waals surface area (Å²) >= 11 is 1.67. The molecule has 2 aromatic rings. The maximum Gasteiger partial charge on any atom is 0.217 e. The van der Waals surface area contributed by atoms with Gasteiger partial charge in [-0.15, -0.1) is 11.3 Å². The minimum atomic E-state index is -0.0592. The number of pyridine rings is 1. The maximum absolute atomic E-state index is 6.13. The largest absolute Gasteiger partial charge is 0.481 e. The SMILES string of the molecule is COc1ncccc1CN1CC2(CC(OCc3csc(C)n3)CCO2)C1. The molecule has 0 aromatic carbocycles. The van der Waals surface area contributed by atoms with Crippen LogP contribution in [0.5, 0.6) is 5.88 Å². The molecule has 26 heavy (non-hydrogen) atoms. The standard InChI is InChI=1S/C19H25N3O3S/c1-14-21-16(11-26-14)10-24-17-5-7-25-19(8-17)12-22(13-19)9-15-4-3-6-20-18(15)23-2/h3-4,6,11,17H,5,7-10,12-13H2,1-2H3. The van der Waals surface area contributed by atoms with Gasteiger partial charge in [-0.05, 0) is 19.4 Å².